The number of halogens is 1. The van der Waals surface area contributed by atoms with Crippen LogP contribution in [0.15, 0.2) is 35.5 Å². The predicted octanol–water partition coefficient (Wildman–Crippen LogP) is 2.87. The van der Waals surface area contributed by atoms with E-state index in [1.54, 1.807) is 18.2 Å². The minimum atomic E-state index is -3.63. The fourth-order valence-electron chi connectivity index (χ4n) is 2.62. The topological polar surface area (TPSA) is 55.2 Å². The number of rotatable bonds is 3. The molecule has 0 fully saturated rings. The van der Waals surface area contributed by atoms with E-state index in [4.69, 9.17) is 11.6 Å². The zero-order valence-corrected chi connectivity index (χ0v) is 13.4. The summed E-state index contributed by atoms with van der Waals surface area (Å²) in [4.78, 5) is 0. The van der Waals surface area contributed by atoms with Crippen molar-refractivity contribution in [1.82, 2.24) is 9.78 Å². The molecule has 21 heavy (non-hydrogen) atoms. The largest absolute Gasteiger partial charge is 0.281 e. The Kier molecular flexibility index (Phi) is 3.45. The highest BCUT2D eigenvalue weighted by Gasteiger charge is 2.34. The molecule has 5 nitrogen and oxygen atoms in total. The third-order valence-corrected chi connectivity index (χ3v) is 5.77. The number of anilines is 1. The van der Waals surface area contributed by atoms with E-state index in [0.717, 1.165) is 5.56 Å². The van der Waals surface area contributed by atoms with Gasteiger partial charge >= 0.3 is 0 Å². The van der Waals surface area contributed by atoms with Crippen LogP contribution in [0.4, 0.5) is 5.69 Å². The summed E-state index contributed by atoms with van der Waals surface area (Å²) in [5, 5.41) is 4.94. The smallest absolute Gasteiger partial charge is 0.264 e. The van der Waals surface area contributed by atoms with Gasteiger partial charge in [-0.2, -0.15) is 13.5 Å². The average molecular weight is 326 g/mol. The number of hydrogen-bond donors (Lipinski definition) is 0. The highest BCUT2D eigenvalue weighted by Crippen LogP contribution is 2.36. The summed E-state index contributed by atoms with van der Waals surface area (Å²) < 4.78 is 28.8. The normalized spacial score (nSPS) is 14.8. The molecule has 2 heterocycles. The van der Waals surface area contributed by atoms with Crippen LogP contribution in [0.3, 0.4) is 0 Å². The fraction of sp³-hybridized carbons (Fsp3) is 0.357. The average Bonchev–Trinajstić information content (AvgIpc) is 3.06. The van der Waals surface area contributed by atoms with Gasteiger partial charge in [-0.25, -0.2) is 4.68 Å². The maximum absolute atomic E-state index is 12.9. The third kappa shape index (κ3) is 2.22. The quantitative estimate of drug-likeness (QED) is 0.872. The van der Waals surface area contributed by atoms with Crippen molar-refractivity contribution in [3.63, 3.8) is 0 Å². The van der Waals surface area contributed by atoms with Crippen LogP contribution in [0.1, 0.15) is 25.5 Å². The van der Waals surface area contributed by atoms with Gasteiger partial charge in [0.2, 0.25) is 0 Å². The number of benzene rings is 1. The number of sulfonamides is 1. The van der Waals surface area contributed by atoms with Crippen molar-refractivity contribution in [1.29, 1.82) is 0 Å². The minimum Gasteiger partial charge on any atom is -0.264 e. The maximum Gasteiger partial charge on any atom is 0.281 e. The van der Waals surface area contributed by atoms with Crippen LogP contribution in [0, 0.1) is 0 Å². The van der Waals surface area contributed by atoms with Crippen molar-refractivity contribution in [2.24, 2.45) is 0 Å². The molecule has 2 aromatic rings. The van der Waals surface area contributed by atoms with Gasteiger partial charge in [0.25, 0.3) is 10.0 Å². The van der Waals surface area contributed by atoms with Gasteiger partial charge in [-0.1, -0.05) is 17.7 Å². The third-order valence-electron chi connectivity index (χ3n) is 3.61. The van der Waals surface area contributed by atoms with Crippen LogP contribution in [0.2, 0.25) is 5.02 Å². The Morgan fingerprint density at radius 1 is 1.29 bits per heavy atom. The summed E-state index contributed by atoms with van der Waals surface area (Å²) in [5.74, 6) is 0. The van der Waals surface area contributed by atoms with E-state index in [-0.39, 0.29) is 11.1 Å². The van der Waals surface area contributed by atoms with Crippen LogP contribution in [-0.4, -0.2) is 24.7 Å². The molecule has 0 bridgehead atoms. The molecule has 1 aliphatic heterocycles. The molecular formula is C14H16ClN3O2S. The van der Waals surface area contributed by atoms with Gasteiger partial charge in [-0.15, -0.1) is 0 Å². The molecule has 0 radical (unpaired) electrons. The van der Waals surface area contributed by atoms with Crippen LogP contribution < -0.4 is 4.31 Å². The summed E-state index contributed by atoms with van der Waals surface area (Å²) in [6, 6.07) is 6.87. The zero-order valence-electron chi connectivity index (χ0n) is 11.8. The van der Waals surface area contributed by atoms with E-state index in [0.29, 0.717) is 23.7 Å². The first-order valence-electron chi connectivity index (χ1n) is 6.76. The van der Waals surface area contributed by atoms with Crippen molar-refractivity contribution < 1.29 is 8.42 Å². The number of nitrogens with zero attached hydrogens (tertiary/aromatic N) is 3. The van der Waals surface area contributed by atoms with Crippen molar-refractivity contribution >= 4 is 27.3 Å². The molecule has 0 aliphatic carbocycles. The molecule has 0 saturated heterocycles. The van der Waals surface area contributed by atoms with Gasteiger partial charge in [0, 0.05) is 17.6 Å². The summed E-state index contributed by atoms with van der Waals surface area (Å²) in [6.45, 7) is 4.21. The van der Waals surface area contributed by atoms with Crippen LogP contribution >= 0.6 is 11.6 Å². The number of aromatic nitrogens is 2. The Hall–Kier alpha value is -1.53. The first kappa shape index (κ1) is 14.4. The second kappa shape index (κ2) is 5.03. The van der Waals surface area contributed by atoms with Crippen molar-refractivity contribution in [2.75, 3.05) is 10.8 Å². The lowest BCUT2D eigenvalue weighted by atomic mass is 10.2. The highest BCUT2D eigenvalue weighted by molar-refractivity contribution is 7.92. The van der Waals surface area contributed by atoms with Gasteiger partial charge in [-0.05, 0) is 44.0 Å². The molecule has 112 valence electrons. The minimum absolute atomic E-state index is 0.0220. The molecule has 0 unspecified atom stereocenters. The molecule has 1 aromatic carbocycles. The summed E-state index contributed by atoms with van der Waals surface area (Å²) >= 11 is 6.15. The molecule has 0 N–H and O–H groups in total. The van der Waals surface area contributed by atoms with E-state index in [2.05, 4.69) is 5.10 Å². The summed E-state index contributed by atoms with van der Waals surface area (Å²) in [7, 11) is -3.63. The summed E-state index contributed by atoms with van der Waals surface area (Å²) in [5.41, 5.74) is 1.55. The van der Waals surface area contributed by atoms with Crippen LogP contribution in [0.25, 0.3) is 0 Å². The molecule has 0 saturated carbocycles. The van der Waals surface area contributed by atoms with E-state index in [1.165, 1.54) is 21.3 Å². The highest BCUT2D eigenvalue weighted by atomic mass is 35.5. The monoisotopic (exact) mass is 325 g/mol. The van der Waals surface area contributed by atoms with E-state index in [9.17, 15) is 8.42 Å². The Bertz CT molecular complexity index is 783. The molecular weight excluding hydrogens is 310 g/mol. The van der Waals surface area contributed by atoms with Gasteiger partial charge in [0.05, 0.1) is 11.9 Å². The summed E-state index contributed by atoms with van der Waals surface area (Å²) in [6.07, 6.45) is 2.14. The van der Waals surface area contributed by atoms with Gasteiger partial charge in [0.1, 0.15) is 0 Å². The number of fused-ring (bicyclic) bond motifs is 1. The molecule has 1 aliphatic rings. The second-order valence-corrected chi connectivity index (χ2v) is 7.49. The van der Waals surface area contributed by atoms with Crippen molar-refractivity contribution in [3.05, 3.63) is 41.0 Å². The first-order valence-corrected chi connectivity index (χ1v) is 8.58. The van der Waals surface area contributed by atoms with Gasteiger partial charge in [-0.3, -0.25) is 4.31 Å². The van der Waals surface area contributed by atoms with E-state index < -0.39 is 10.0 Å². The van der Waals surface area contributed by atoms with Crippen LogP contribution in [-0.2, 0) is 16.4 Å². The molecule has 0 amide bonds. The second-order valence-electron chi connectivity index (χ2n) is 5.27. The Morgan fingerprint density at radius 2 is 2.05 bits per heavy atom. The van der Waals surface area contributed by atoms with E-state index >= 15 is 0 Å². The molecule has 3 rings (SSSR count). The molecule has 1 aromatic heterocycles. The Labute approximate surface area is 129 Å². The molecule has 0 atom stereocenters. The van der Waals surface area contributed by atoms with Gasteiger partial charge in [0.15, 0.2) is 5.03 Å². The van der Waals surface area contributed by atoms with Gasteiger partial charge < -0.3 is 0 Å². The maximum atomic E-state index is 12.9. The zero-order chi connectivity index (χ0) is 15.2. The number of hydrogen-bond acceptors (Lipinski definition) is 3. The first-order chi connectivity index (χ1) is 9.93. The van der Waals surface area contributed by atoms with Crippen molar-refractivity contribution in [2.45, 2.75) is 31.3 Å². The van der Waals surface area contributed by atoms with E-state index in [1.807, 2.05) is 13.8 Å². The lowest BCUT2D eigenvalue weighted by Crippen LogP contribution is -2.31. The lowest BCUT2D eigenvalue weighted by Gasteiger charge is -2.21. The molecule has 7 heteroatoms. The van der Waals surface area contributed by atoms with Crippen molar-refractivity contribution in [3.8, 4) is 0 Å². The predicted molar refractivity (Wildman–Crippen MR) is 82.3 cm³/mol. The Morgan fingerprint density at radius 3 is 2.76 bits per heavy atom. The standard InChI is InChI=1S/C14H16ClN3O2S/c1-10(2)18-14(6-8-16-18)21(19,20)17-9-7-11-12(15)4-3-5-13(11)17/h3-6,8,10H,7,9H2,1-2H3. The lowest BCUT2D eigenvalue weighted by molar-refractivity contribution is 0.478. The fourth-order valence-corrected chi connectivity index (χ4v) is 4.60. The van der Waals surface area contributed by atoms with Crippen LogP contribution in [0.5, 0.6) is 0 Å². The molecule has 0 spiro atoms. The Balaban J connectivity index is 2.10. The SMILES string of the molecule is CC(C)n1nccc1S(=O)(=O)N1CCc2c(Cl)cccc21.